The molecule has 0 aliphatic heterocycles. The summed E-state index contributed by atoms with van der Waals surface area (Å²) in [5.41, 5.74) is -2.63. The summed E-state index contributed by atoms with van der Waals surface area (Å²) in [6, 6.07) is 8.35. The molecule has 2 rings (SSSR count). The molecule has 0 atom stereocenters. The molecule has 0 bridgehead atoms. The lowest BCUT2D eigenvalue weighted by atomic mass is 10.1. The second-order valence-corrected chi connectivity index (χ2v) is 6.20. The zero-order chi connectivity index (χ0) is 23.7. The summed E-state index contributed by atoms with van der Waals surface area (Å²) in [6.45, 7) is 1.56. The summed E-state index contributed by atoms with van der Waals surface area (Å²) in [6.07, 6.45) is -4.96. The highest BCUT2D eigenvalue weighted by Crippen LogP contribution is 2.34. The smallest absolute Gasteiger partial charge is 0.416 e. The molecule has 0 unspecified atom stereocenters. The standard InChI is InChI=1S/C20H19F3N2O7/c1-2-30-14-4-6-15(7-5-14)31-10-9-19(27)32-12-18(26)24-16-8-3-13(20(21,22)23)11-17(16)25(28)29/h3-8,11H,2,9-10,12H2,1H3,(H,24,26). The maximum atomic E-state index is 12.7. The lowest BCUT2D eigenvalue weighted by Gasteiger charge is -2.10. The Kier molecular flexibility index (Phi) is 8.38. The molecule has 9 nitrogen and oxygen atoms in total. The fourth-order valence-electron chi connectivity index (χ4n) is 2.42. The van der Waals surface area contributed by atoms with Gasteiger partial charge in [0, 0.05) is 6.07 Å². The van der Waals surface area contributed by atoms with E-state index in [1.165, 1.54) is 0 Å². The summed E-state index contributed by atoms with van der Waals surface area (Å²) in [5.74, 6) is -0.561. The maximum Gasteiger partial charge on any atom is 0.416 e. The molecule has 12 heteroatoms. The minimum absolute atomic E-state index is 0.0290. The Bertz CT molecular complexity index is 963. The second-order valence-electron chi connectivity index (χ2n) is 6.20. The number of hydrogen-bond donors (Lipinski definition) is 1. The Morgan fingerprint density at radius 2 is 1.69 bits per heavy atom. The van der Waals surface area contributed by atoms with Crippen LogP contribution in [0.4, 0.5) is 24.5 Å². The van der Waals surface area contributed by atoms with Gasteiger partial charge in [0.2, 0.25) is 0 Å². The summed E-state index contributed by atoms with van der Waals surface area (Å²) in [4.78, 5) is 33.6. The number of benzene rings is 2. The molecular weight excluding hydrogens is 437 g/mol. The van der Waals surface area contributed by atoms with Gasteiger partial charge in [0.25, 0.3) is 11.6 Å². The second kappa shape index (κ2) is 11.0. The SMILES string of the molecule is CCOc1ccc(OCCC(=O)OCC(=O)Nc2ccc(C(F)(F)F)cc2[N+](=O)[O-])cc1. The maximum absolute atomic E-state index is 12.7. The van der Waals surface area contributed by atoms with E-state index in [1.807, 2.05) is 6.92 Å². The zero-order valence-electron chi connectivity index (χ0n) is 16.8. The van der Waals surface area contributed by atoms with Crippen molar-refractivity contribution in [2.75, 3.05) is 25.1 Å². The number of amides is 1. The van der Waals surface area contributed by atoms with Crippen molar-refractivity contribution in [3.8, 4) is 11.5 Å². The highest BCUT2D eigenvalue weighted by molar-refractivity contribution is 5.94. The van der Waals surface area contributed by atoms with Crippen LogP contribution >= 0.6 is 0 Å². The predicted octanol–water partition coefficient (Wildman–Crippen LogP) is 3.96. The van der Waals surface area contributed by atoms with Crippen LogP contribution in [0.2, 0.25) is 0 Å². The third-order valence-electron chi connectivity index (χ3n) is 3.87. The van der Waals surface area contributed by atoms with Crippen LogP contribution in [-0.4, -0.2) is 36.6 Å². The topological polar surface area (TPSA) is 117 Å². The van der Waals surface area contributed by atoms with E-state index in [9.17, 15) is 32.9 Å². The van der Waals surface area contributed by atoms with E-state index in [1.54, 1.807) is 24.3 Å². The highest BCUT2D eigenvalue weighted by Gasteiger charge is 2.33. The van der Waals surface area contributed by atoms with Crippen LogP contribution in [0.25, 0.3) is 0 Å². The molecule has 2 aromatic carbocycles. The van der Waals surface area contributed by atoms with E-state index >= 15 is 0 Å². The van der Waals surface area contributed by atoms with Crippen molar-refractivity contribution in [2.24, 2.45) is 0 Å². The summed E-state index contributed by atoms with van der Waals surface area (Å²) < 4.78 is 53.5. The number of ether oxygens (including phenoxy) is 3. The van der Waals surface area contributed by atoms with Crippen LogP contribution in [0.5, 0.6) is 11.5 Å². The van der Waals surface area contributed by atoms with Crippen molar-refractivity contribution in [3.05, 3.63) is 58.1 Å². The predicted molar refractivity (Wildman–Crippen MR) is 105 cm³/mol. The van der Waals surface area contributed by atoms with Crippen LogP contribution in [-0.2, 0) is 20.5 Å². The number of nitrogens with zero attached hydrogens (tertiary/aromatic N) is 1. The lowest BCUT2D eigenvalue weighted by molar-refractivity contribution is -0.384. The number of nitro groups is 1. The highest BCUT2D eigenvalue weighted by atomic mass is 19.4. The molecule has 32 heavy (non-hydrogen) atoms. The molecule has 0 fully saturated rings. The van der Waals surface area contributed by atoms with E-state index in [2.05, 4.69) is 5.32 Å². The number of halogens is 3. The average Bonchev–Trinajstić information content (AvgIpc) is 2.73. The molecule has 0 aliphatic rings. The van der Waals surface area contributed by atoms with Gasteiger partial charge in [-0.1, -0.05) is 0 Å². The van der Waals surface area contributed by atoms with Gasteiger partial charge in [-0.15, -0.1) is 0 Å². The third kappa shape index (κ3) is 7.45. The third-order valence-corrected chi connectivity index (χ3v) is 3.87. The number of rotatable bonds is 10. The van der Waals surface area contributed by atoms with Gasteiger partial charge in [-0.3, -0.25) is 19.7 Å². The van der Waals surface area contributed by atoms with E-state index in [0.29, 0.717) is 30.2 Å². The molecular formula is C20H19F3N2O7. The van der Waals surface area contributed by atoms with Crippen molar-refractivity contribution >= 4 is 23.3 Å². The number of anilines is 1. The van der Waals surface area contributed by atoms with Gasteiger partial charge >= 0.3 is 12.1 Å². The molecule has 0 spiro atoms. The van der Waals surface area contributed by atoms with Gasteiger partial charge in [-0.05, 0) is 43.3 Å². The molecule has 0 saturated heterocycles. The first-order valence-corrected chi connectivity index (χ1v) is 9.27. The first kappa shape index (κ1) is 24.4. The molecule has 0 radical (unpaired) electrons. The number of carbonyl (C=O) groups excluding carboxylic acids is 2. The number of alkyl halides is 3. The quantitative estimate of drug-likeness (QED) is 0.327. The number of carbonyl (C=O) groups is 2. The molecule has 1 amide bonds. The van der Waals surface area contributed by atoms with Crippen molar-refractivity contribution in [3.63, 3.8) is 0 Å². The van der Waals surface area contributed by atoms with E-state index in [0.717, 1.165) is 6.07 Å². The lowest BCUT2D eigenvalue weighted by Crippen LogP contribution is -2.22. The first-order valence-electron chi connectivity index (χ1n) is 9.27. The van der Waals surface area contributed by atoms with E-state index < -0.39 is 46.5 Å². The normalized spacial score (nSPS) is 10.9. The van der Waals surface area contributed by atoms with Crippen molar-refractivity contribution in [1.82, 2.24) is 0 Å². The molecule has 1 N–H and O–H groups in total. The van der Waals surface area contributed by atoms with Gasteiger partial charge in [0.05, 0.1) is 30.1 Å². The number of esters is 1. The number of nitro benzene ring substituents is 1. The average molecular weight is 456 g/mol. The summed E-state index contributed by atoms with van der Waals surface area (Å²) in [7, 11) is 0. The minimum atomic E-state index is -4.78. The molecule has 0 aromatic heterocycles. The van der Waals surface area contributed by atoms with Crippen molar-refractivity contribution in [1.29, 1.82) is 0 Å². The summed E-state index contributed by atoms with van der Waals surface area (Å²) >= 11 is 0. The largest absolute Gasteiger partial charge is 0.494 e. The van der Waals surface area contributed by atoms with Gasteiger partial charge in [0.15, 0.2) is 6.61 Å². The monoisotopic (exact) mass is 456 g/mol. The molecule has 0 saturated carbocycles. The van der Waals surface area contributed by atoms with Gasteiger partial charge in [-0.25, -0.2) is 0 Å². The van der Waals surface area contributed by atoms with Crippen LogP contribution in [0.3, 0.4) is 0 Å². The van der Waals surface area contributed by atoms with Crippen LogP contribution in [0, 0.1) is 10.1 Å². The summed E-state index contributed by atoms with van der Waals surface area (Å²) in [5, 5.41) is 13.1. The number of hydrogen-bond acceptors (Lipinski definition) is 7. The molecule has 0 aliphatic carbocycles. The Morgan fingerprint density at radius 1 is 1.06 bits per heavy atom. The zero-order valence-corrected chi connectivity index (χ0v) is 16.8. The Labute approximate surface area is 180 Å². The van der Waals surface area contributed by atoms with E-state index in [-0.39, 0.29) is 13.0 Å². The fourth-order valence-corrected chi connectivity index (χ4v) is 2.42. The van der Waals surface area contributed by atoms with E-state index in [4.69, 9.17) is 14.2 Å². The number of nitrogens with one attached hydrogen (secondary N) is 1. The van der Waals surface area contributed by atoms with Crippen molar-refractivity contribution < 1.29 is 41.9 Å². The van der Waals surface area contributed by atoms with Crippen LogP contribution in [0.15, 0.2) is 42.5 Å². The minimum Gasteiger partial charge on any atom is -0.494 e. The van der Waals surface area contributed by atoms with Crippen molar-refractivity contribution in [2.45, 2.75) is 19.5 Å². The first-order chi connectivity index (χ1) is 15.1. The molecule has 172 valence electrons. The Hall–Kier alpha value is -3.83. The molecule has 2 aromatic rings. The van der Waals surface area contributed by atoms with Gasteiger partial charge in [-0.2, -0.15) is 13.2 Å². The fraction of sp³-hybridized carbons (Fsp3) is 0.300. The van der Waals surface area contributed by atoms with Gasteiger partial charge < -0.3 is 19.5 Å². The molecule has 0 heterocycles. The Balaban J connectivity index is 1.81. The van der Waals surface area contributed by atoms with Crippen LogP contribution in [0.1, 0.15) is 18.9 Å². The Morgan fingerprint density at radius 3 is 2.25 bits per heavy atom. The van der Waals surface area contributed by atoms with Gasteiger partial charge in [0.1, 0.15) is 17.2 Å². The van der Waals surface area contributed by atoms with Crippen LogP contribution < -0.4 is 14.8 Å².